The fraction of sp³-hybridized carbons (Fsp3) is 0.500. The fourth-order valence-electron chi connectivity index (χ4n) is 4.41. The number of rotatable bonds is 3. The van der Waals surface area contributed by atoms with Gasteiger partial charge >= 0.3 is 0 Å². The van der Waals surface area contributed by atoms with Crippen molar-refractivity contribution in [1.82, 2.24) is 4.98 Å². The van der Waals surface area contributed by atoms with Crippen LogP contribution in [0.2, 0.25) is 0 Å². The number of para-hydroxylation sites is 1. The molecule has 2 fully saturated rings. The van der Waals surface area contributed by atoms with Gasteiger partial charge < -0.3 is 5.73 Å². The Labute approximate surface area is 120 Å². The standard InChI is InChI=1S/C18H22N2/c19-16(18-14-6-1-2-7-15(14)18)11-12-9-10-20-17-8-4-3-5-13(12)17/h3-5,8-10,14-16,18H,1-2,6-7,11,19H2. The Morgan fingerprint density at radius 3 is 2.65 bits per heavy atom. The second-order valence-corrected chi connectivity index (χ2v) is 6.54. The van der Waals surface area contributed by atoms with Gasteiger partial charge in [-0.25, -0.2) is 0 Å². The Bertz CT molecular complexity index is 604. The molecule has 2 aromatic rings. The second-order valence-electron chi connectivity index (χ2n) is 6.54. The maximum absolute atomic E-state index is 6.54. The van der Waals surface area contributed by atoms with E-state index in [9.17, 15) is 0 Å². The summed E-state index contributed by atoms with van der Waals surface area (Å²) >= 11 is 0. The molecule has 1 aromatic carbocycles. The van der Waals surface area contributed by atoms with Gasteiger partial charge in [-0.1, -0.05) is 31.0 Å². The van der Waals surface area contributed by atoms with Gasteiger partial charge in [-0.05, 0) is 54.7 Å². The van der Waals surface area contributed by atoms with Crippen LogP contribution < -0.4 is 5.73 Å². The summed E-state index contributed by atoms with van der Waals surface area (Å²) in [7, 11) is 0. The lowest BCUT2D eigenvalue weighted by molar-refractivity contribution is 0.480. The van der Waals surface area contributed by atoms with Gasteiger partial charge in [-0.2, -0.15) is 0 Å². The molecule has 1 heterocycles. The minimum absolute atomic E-state index is 0.328. The SMILES string of the molecule is NC(Cc1ccnc2ccccc12)C1C2CCCCC21. The minimum Gasteiger partial charge on any atom is -0.327 e. The van der Waals surface area contributed by atoms with Crippen LogP contribution in [0, 0.1) is 17.8 Å². The average Bonchev–Trinajstić information content (AvgIpc) is 3.22. The van der Waals surface area contributed by atoms with Crippen LogP contribution in [-0.4, -0.2) is 11.0 Å². The topological polar surface area (TPSA) is 38.9 Å². The molecule has 104 valence electrons. The van der Waals surface area contributed by atoms with Crippen LogP contribution >= 0.6 is 0 Å². The Morgan fingerprint density at radius 1 is 1.10 bits per heavy atom. The molecule has 1 aromatic heterocycles. The summed E-state index contributed by atoms with van der Waals surface area (Å²) in [5.74, 6) is 2.66. The number of nitrogens with zero attached hydrogens (tertiary/aromatic N) is 1. The maximum atomic E-state index is 6.54. The van der Waals surface area contributed by atoms with E-state index in [0.29, 0.717) is 6.04 Å². The van der Waals surface area contributed by atoms with Crippen molar-refractivity contribution < 1.29 is 0 Å². The van der Waals surface area contributed by atoms with Gasteiger partial charge in [0.15, 0.2) is 0 Å². The molecule has 20 heavy (non-hydrogen) atoms. The van der Waals surface area contributed by atoms with Gasteiger partial charge in [-0.3, -0.25) is 4.98 Å². The first-order valence-corrected chi connectivity index (χ1v) is 7.93. The fourth-order valence-corrected chi connectivity index (χ4v) is 4.41. The van der Waals surface area contributed by atoms with E-state index in [2.05, 4.69) is 35.3 Å². The highest BCUT2D eigenvalue weighted by atomic mass is 14.7. The Hall–Kier alpha value is -1.41. The monoisotopic (exact) mass is 266 g/mol. The third kappa shape index (κ3) is 2.03. The van der Waals surface area contributed by atoms with E-state index < -0.39 is 0 Å². The normalized spacial score (nSPS) is 29.9. The summed E-state index contributed by atoms with van der Waals surface area (Å²) in [6.45, 7) is 0. The molecule has 3 unspecified atom stereocenters. The largest absolute Gasteiger partial charge is 0.327 e. The molecule has 2 aliphatic rings. The zero-order valence-corrected chi connectivity index (χ0v) is 11.8. The van der Waals surface area contributed by atoms with Gasteiger partial charge in [0, 0.05) is 17.6 Å². The molecule has 4 rings (SSSR count). The zero-order valence-electron chi connectivity index (χ0n) is 11.8. The highest BCUT2D eigenvalue weighted by molar-refractivity contribution is 5.81. The van der Waals surface area contributed by atoms with E-state index >= 15 is 0 Å². The third-order valence-corrected chi connectivity index (χ3v) is 5.41. The number of aromatic nitrogens is 1. The van der Waals surface area contributed by atoms with Crippen LogP contribution in [-0.2, 0) is 6.42 Å². The van der Waals surface area contributed by atoms with E-state index in [1.807, 2.05) is 6.20 Å². The van der Waals surface area contributed by atoms with Crippen LogP contribution in [0.15, 0.2) is 36.5 Å². The smallest absolute Gasteiger partial charge is 0.0704 e. The molecule has 0 spiro atoms. The number of pyridine rings is 1. The lowest BCUT2D eigenvalue weighted by atomic mass is 9.98. The minimum atomic E-state index is 0.328. The first kappa shape index (κ1) is 12.3. The van der Waals surface area contributed by atoms with Crippen molar-refractivity contribution in [3.8, 4) is 0 Å². The summed E-state index contributed by atoms with van der Waals surface area (Å²) in [4.78, 5) is 4.44. The van der Waals surface area contributed by atoms with E-state index in [4.69, 9.17) is 5.73 Å². The predicted molar refractivity (Wildman–Crippen MR) is 82.4 cm³/mol. The van der Waals surface area contributed by atoms with E-state index in [-0.39, 0.29) is 0 Å². The number of hydrogen-bond donors (Lipinski definition) is 1. The van der Waals surface area contributed by atoms with Crippen molar-refractivity contribution in [2.45, 2.75) is 38.1 Å². The molecular formula is C18H22N2. The first-order chi connectivity index (χ1) is 9.84. The van der Waals surface area contributed by atoms with Gasteiger partial charge in [0.05, 0.1) is 5.52 Å². The summed E-state index contributed by atoms with van der Waals surface area (Å²) in [5.41, 5.74) is 9.00. The molecule has 0 amide bonds. The molecule has 0 bridgehead atoms. The van der Waals surface area contributed by atoms with Crippen LogP contribution in [0.5, 0.6) is 0 Å². The van der Waals surface area contributed by atoms with Crippen LogP contribution in [0.25, 0.3) is 10.9 Å². The van der Waals surface area contributed by atoms with Crippen molar-refractivity contribution in [1.29, 1.82) is 0 Å². The molecule has 0 saturated heterocycles. The summed E-state index contributed by atoms with van der Waals surface area (Å²) < 4.78 is 0. The van der Waals surface area contributed by atoms with Gasteiger partial charge in [0.1, 0.15) is 0 Å². The van der Waals surface area contributed by atoms with E-state index in [0.717, 1.165) is 29.7 Å². The summed E-state index contributed by atoms with van der Waals surface area (Å²) in [6.07, 6.45) is 8.59. The molecule has 3 atom stereocenters. The molecular weight excluding hydrogens is 244 g/mol. The number of hydrogen-bond acceptors (Lipinski definition) is 2. The molecule has 0 aliphatic heterocycles. The third-order valence-electron chi connectivity index (χ3n) is 5.41. The average molecular weight is 266 g/mol. The van der Waals surface area contributed by atoms with Crippen molar-refractivity contribution in [3.05, 3.63) is 42.1 Å². The molecule has 2 nitrogen and oxygen atoms in total. The predicted octanol–water partition coefficient (Wildman–Crippen LogP) is 3.54. The highest BCUT2D eigenvalue weighted by Crippen LogP contribution is 2.56. The summed E-state index contributed by atoms with van der Waals surface area (Å²) in [5, 5.41) is 1.27. The van der Waals surface area contributed by atoms with Crippen LogP contribution in [0.3, 0.4) is 0 Å². The van der Waals surface area contributed by atoms with Gasteiger partial charge in [-0.15, -0.1) is 0 Å². The molecule has 2 N–H and O–H groups in total. The van der Waals surface area contributed by atoms with E-state index in [1.54, 1.807) is 0 Å². The Morgan fingerprint density at radius 2 is 1.85 bits per heavy atom. The Balaban J connectivity index is 1.56. The molecule has 2 heteroatoms. The highest BCUT2D eigenvalue weighted by Gasteiger charge is 2.52. The van der Waals surface area contributed by atoms with Crippen LogP contribution in [0.4, 0.5) is 0 Å². The molecule has 2 aliphatic carbocycles. The molecule has 0 radical (unpaired) electrons. The van der Waals surface area contributed by atoms with Crippen molar-refractivity contribution in [2.24, 2.45) is 23.5 Å². The van der Waals surface area contributed by atoms with Crippen molar-refractivity contribution in [2.75, 3.05) is 0 Å². The maximum Gasteiger partial charge on any atom is 0.0704 e. The summed E-state index contributed by atoms with van der Waals surface area (Å²) in [6, 6.07) is 10.9. The Kier molecular flexibility index (Phi) is 2.99. The first-order valence-electron chi connectivity index (χ1n) is 7.93. The van der Waals surface area contributed by atoms with Crippen molar-refractivity contribution >= 4 is 10.9 Å². The number of fused-ring (bicyclic) bond motifs is 2. The number of benzene rings is 1. The number of nitrogens with two attached hydrogens (primary N) is 1. The second kappa shape index (κ2) is 4.85. The van der Waals surface area contributed by atoms with Gasteiger partial charge in [0.2, 0.25) is 0 Å². The molecule has 2 saturated carbocycles. The zero-order chi connectivity index (χ0) is 13.5. The van der Waals surface area contributed by atoms with E-state index in [1.165, 1.54) is 36.6 Å². The quantitative estimate of drug-likeness (QED) is 0.923. The lowest BCUT2D eigenvalue weighted by Crippen LogP contribution is -2.27. The van der Waals surface area contributed by atoms with Gasteiger partial charge in [0.25, 0.3) is 0 Å². The van der Waals surface area contributed by atoms with Crippen LogP contribution in [0.1, 0.15) is 31.2 Å². The van der Waals surface area contributed by atoms with Crippen molar-refractivity contribution in [3.63, 3.8) is 0 Å². The lowest BCUT2D eigenvalue weighted by Gasteiger charge is -2.13.